The van der Waals surface area contributed by atoms with Gasteiger partial charge in [0.25, 0.3) is 5.91 Å². The molecule has 0 aliphatic carbocycles. The lowest BCUT2D eigenvalue weighted by molar-refractivity contribution is 0.0499. The largest absolute Gasteiger partial charge is 0.496 e. The van der Waals surface area contributed by atoms with Crippen molar-refractivity contribution in [1.29, 1.82) is 0 Å². The number of carbonyl (C=O) groups is 2. The van der Waals surface area contributed by atoms with Crippen LogP contribution >= 0.6 is 0 Å². The first-order valence-electron chi connectivity index (χ1n) is 10.9. The van der Waals surface area contributed by atoms with E-state index in [-0.39, 0.29) is 18.5 Å². The molecule has 0 saturated heterocycles. The molecule has 172 valence electrons. The number of hydrogen-bond acceptors (Lipinski definition) is 5. The Morgan fingerprint density at radius 2 is 1.70 bits per heavy atom. The van der Waals surface area contributed by atoms with Gasteiger partial charge in [-0.05, 0) is 73.5 Å². The van der Waals surface area contributed by atoms with Gasteiger partial charge in [-0.1, -0.05) is 25.5 Å². The van der Waals surface area contributed by atoms with Gasteiger partial charge in [-0.15, -0.1) is 0 Å². The van der Waals surface area contributed by atoms with Crippen LogP contribution in [0.25, 0.3) is 0 Å². The lowest BCUT2D eigenvalue weighted by atomic mass is 10.1. The number of unbranched alkanes of at least 4 members (excludes halogenated alkanes) is 1. The van der Waals surface area contributed by atoms with Crippen molar-refractivity contribution in [2.45, 2.75) is 33.3 Å². The maximum absolute atomic E-state index is 12.8. The van der Waals surface area contributed by atoms with Crippen LogP contribution in [0.2, 0.25) is 0 Å². The zero-order valence-corrected chi connectivity index (χ0v) is 19.2. The fourth-order valence-corrected chi connectivity index (χ4v) is 3.18. The van der Waals surface area contributed by atoms with E-state index in [1.807, 2.05) is 38.1 Å². The summed E-state index contributed by atoms with van der Waals surface area (Å²) >= 11 is 0. The molecular formula is C27H29NO5. The minimum atomic E-state index is -0.366. The summed E-state index contributed by atoms with van der Waals surface area (Å²) in [7, 11) is 1.58. The Hall–Kier alpha value is -3.80. The van der Waals surface area contributed by atoms with Crippen molar-refractivity contribution in [1.82, 2.24) is 0 Å². The Morgan fingerprint density at radius 1 is 0.939 bits per heavy atom. The first kappa shape index (κ1) is 23.9. The molecule has 0 fully saturated rings. The number of hydrogen-bond donors (Lipinski definition) is 1. The highest BCUT2D eigenvalue weighted by Crippen LogP contribution is 2.23. The maximum atomic E-state index is 12.8. The summed E-state index contributed by atoms with van der Waals surface area (Å²) < 4.78 is 16.5. The summed E-state index contributed by atoms with van der Waals surface area (Å²) in [5, 5.41) is 2.85. The lowest BCUT2D eigenvalue weighted by Crippen LogP contribution is -2.13. The van der Waals surface area contributed by atoms with E-state index in [1.165, 1.54) is 0 Å². The van der Waals surface area contributed by atoms with E-state index in [4.69, 9.17) is 14.2 Å². The molecule has 0 atom stereocenters. The number of esters is 1. The van der Waals surface area contributed by atoms with Crippen molar-refractivity contribution < 1.29 is 23.8 Å². The van der Waals surface area contributed by atoms with Gasteiger partial charge in [0.15, 0.2) is 0 Å². The van der Waals surface area contributed by atoms with Gasteiger partial charge in [0, 0.05) is 16.8 Å². The van der Waals surface area contributed by atoms with E-state index < -0.39 is 0 Å². The van der Waals surface area contributed by atoms with Gasteiger partial charge in [0.05, 0.1) is 19.3 Å². The maximum Gasteiger partial charge on any atom is 0.338 e. The number of rotatable bonds is 10. The zero-order chi connectivity index (χ0) is 23.6. The predicted molar refractivity (Wildman–Crippen MR) is 128 cm³/mol. The SMILES string of the molecule is CCCCOC(=O)c1ccc(NC(=O)c2ccc(OC)c(COc3cccc(C)c3)c2)cc1. The monoisotopic (exact) mass is 447 g/mol. The van der Waals surface area contributed by atoms with Crippen LogP contribution in [0.1, 0.15) is 51.6 Å². The summed E-state index contributed by atoms with van der Waals surface area (Å²) in [6.07, 6.45) is 1.79. The summed E-state index contributed by atoms with van der Waals surface area (Å²) in [6.45, 7) is 4.71. The molecule has 3 aromatic carbocycles. The van der Waals surface area contributed by atoms with E-state index >= 15 is 0 Å². The highest BCUT2D eigenvalue weighted by atomic mass is 16.5. The first-order valence-corrected chi connectivity index (χ1v) is 10.9. The van der Waals surface area contributed by atoms with Crippen molar-refractivity contribution in [3.8, 4) is 11.5 Å². The van der Waals surface area contributed by atoms with Crippen LogP contribution < -0.4 is 14.8 Å². The van der Waals surface area contributed by atoms with Gasteiger partial charge in [0.2, 0.25) is 0 Å². The molecule has 0 spiro atoms. The van der Waals surface area contributed by atoms with Gasteiger partial charge in [-0.2, -0.15) is 0 Å². The molecule has 33 heavy (non-hydrogen) atoms. The van der Waals surface area contributed by atoms with Crippen molar-refractivity contribution in [2.75, 3.05) is 19.0 Å². The van der Waals surface area contributed by atoms with Crippen LogP contribution in [-0.2, 0) is 11.3 Å². The second-order valence-corrected chi connectivity index (χ2v) is 7.65. The van der Waals surface area contributed by atoms with E-state index in [0.29, 0.717) is 29.2 Å². The lowest BCUT2D eigenvalue weighted by Gasteiger charge is -2.13. The molecule has 1 N–H and O–H groups in total. The van der Waals surface area contributed by atoms with Crippen molar-refractivity contribution in [2.24, 2.45) is 0 Å². The Kier molecular flexibility index (Phi) is 8.47. The molecular weight excluding hydrogens is 418 g/mol. The molecule has 0 unspecified atom stereocenters. The minimum Gasteiger partial charge on any atom is -0.496 e. The summed E-state index contributed by atoms with van der Waals surface area (Å²) in [5.74, 6) is 0.757. The molecule has 0 aliphatic rings. The van der Waals surface area contributed by atoms with Gasteiger partial charge in [0.1, 0.15) is 18.1 Å². The Bertz CT molecular complexity index is 1090. The van der Waals surface area contributed by atoms with E-state index in [0.717, 1.165) is 29.7 Å². The van der Waals surface area contributed by atoms with Crippen LogP contribution in [0.5, 0.6) is 11.5 Å². The molecule has 6 heteroatoms. The number of ether oxygens (including phenoxy) is 3. The molecule has 0 heterocycles. The average Bonchev–Trinajstić information content (AvgIpc) is 2.83. The highest BCUT2D eigenvalue weighted by Gasteiger charge is 2.13. The molecule has 1 amide bonds. The van der Waals surface area contributed by atoms with E-state index in [1.54, 1.807) is 49.6 Å². The van der Waals surface area contributed by atoms with Gasteiger partial charge in [-0.3, -0.25) is 4.79 Å². The fraction of sp³-hybridized carbons (Fsp3) is 0.259. The molecule has 6 nitrogen and oxygen atoms in total. The van der Waals surface area contributed by atoms with E-state index in [2.05, 4.69) is 5.32 Å². The first-order chi connectivity index (χ1) is 16.0. The van der Waals surface area contributed by atoms with Crippen LogP contribution in [-0.4, -0.2) is 25.6 Å². The number of carbonyl (C=O) groups excluding carboxylic acids is 2. The number of benzene rings is 3. The van der Waals surface area contributed by atoms with Gasteiger partial charge < -0.3 is 19.5 Å². The van der Waals surface area contributed by atoms with Gasteiger partial charge >= 0.3 is 5.97 Å². The van der Waals surface area contributed by atoms with Crippen molar-refractivity contribution in [3.63, 3.8) is 0 Å². The molecule has 0 radical (unpaired) electrons. The summed E-state index contributed by atoms with van der Waals surface area (Å²) in [6, 6.07) is 19.6. The van der Waals surface area contributed by atoms with Crippen molar-refractivity contribution in [3.05, 3.63) is 89.0 Å². The number of methoxy groups -OCH3 is 1. The summed E-state index contributed by atoms with van der Waals surface area (Å²) in [5.41, 5.74) is 3.37. The third-order valence-corrected chi connectivity index (χ3v) is 5.04. The van der Waals surface area contributed by atoms with Gasteiger partial charge in [-0.25, -0.2) is 4.79 Å². The molecule has 3 aromatic rings. The van der Waals surface area contributed by atoms with Crippen LogP contribution in [0.3, 0.4) is 0 Å². The normalized spacial score (nSPS) is 10.4. The third-order valence-electron chi connectivity index (χ3n) is 5.04. The predicted octanol–water partition coefficient (Wildman–Crippen LogP) is 5.79. The average molecular weight is 448 g/mol. The number of amides is 1. The Balaban J connectivity index is 1.65. The molecule has 0 aromatic heterocycles. The Morgan fingerprint density at radius 3 is 2.39 bits per heavy atom. The smallest absolute Gasteiger partial charge is 0.338 e. The molecule has 0 aliphatic heterocycles. The van der Waals surface area contributed by atoms with Crippen molar-refractivity contribution >= 4 is 17.6 Å². The molecule has 0 bridgehead atoms. The Labute approximate surface area is 194 Å². The van der Waals surface area contributed by atoms with Crippen LogP contribution in [0, 0.1) is 6.92 Å². The topological polar surface area (TPSA) is 73.9 Å². The molecule has 3 rings (SSSR count). The minimum absolute atomic E-state index is 0.266. The summed E-state index contributed by atoms with van der Waals surface area (Å²) in [4.78, 5) is 24.8. The van der Waals surface area contributed by atoms with Crippen LogP contribution in [0.15, 0.2) is 66.7 Å². The molecule has 0 saturated carbocycles. The second kappa shape index (κ2) is 11.7. The second-order valence-electron chi connectivity index (χ2n) is 7.65. The van der Waals surface area contributed by atoms with E-state index in [9.17, 15) is 9.59 Å². The quantitative estimate of drug-likeness (QED) is 0.314. The van der Waals surface area contributed by atoms with Crippen LogP contribution in [0.4, 0.5) is 5.69 Å². The number of nitrogens with one attached hydrogen (secondary N) is 1. The third kappa shape index (κ3) is 6.84. The number of aryl methyl sites for hydroxylation is 1. The zero-order valence-electron chi connectivity index (χ0n) is 19.2. The highest BCUT2D eigenvalue weighted by molar-refractivity contribution is 6.04. The fourth-order valence-electron chi connectivity index (χ4n) is 3.18. The standard InChI is InChI=1S/C27H29NO5/c1-4-5-15-32-27(30)20-9-12-23(13-10-20)28-26(29)21-11-14-25(31-3)22(17-21)18-33-24-8-6-7-19(2)16-24/h6-14,16-17H,4-5,15,18H2,1-3H3,(H,28,29). The number of anilines is 1.